The zero-order valence-electron chi connectivity index (χ0n) is 10.6. The van der Waals surface area contributed by atoms with Crippen LogP contribution in [-0.2, 0) is 0 Å². The van der Waals surface area contributed by atoms with Gasteiger partial charge in [0.15, 0.2) is 5.15 Å². The number of pyridine rings is 1. The molecule has 0 aliphatic rings. The summed E-state index contributed by atoms with van der Waals surface area (Å²) in [5.41, 5.74) is 2.55. The number of phenolic OH excluding ortho intramolecular Hbond substituents is 1. The summed E-state index contributed by atoms with van der Waals surface area (Å²) >= 11 is 5.93. The molecule has 1 aromatic carbocycles. The van der Waals surface area contributed by atoms with Crippen LogP contribution >= 0.6 is 11.6 Å². The van der Waals surface area contributed by atoms with Gasteiger partial charge in [-0.3, -0.25) is 4.79 Å². The molecule has 2 aromatic rings. The molecule has 0 spiro atoms. The molecule has 0 unspecified atom stereocenters. The third kappa shape index (κ3) is 3.03. The topological polar surface area (TPSA) is 62.2 Å². The molecule has 19 heavy (non-hydrogen) atoms. The number of aromatic hydroxyl groups is 1. The number of nitrogens with one attached hydrogen (secondary N) is 1. The molecule has 1 heterocycles. The van der Waals surface area contributed by atoms with E-state index in [9.17, 15) is 9.90 Å². The van der Waals surface area contributed by atoms with Crippen LogP contribution in [-0.4, -0.2) is 16.0 Å². The van der Waals surface area contributed by atoms with Gasteiger partial charge in [-0.2, -0.15) is 0 Å². The van der Waals surface area contributed by atoms with E-state index >= 15 is 0 Å². The lowest BCUT2D eigenvalue weighted by Gasteiger charge is -2.09. The van der Waals surface area contributed by atoms with Crippen LogP contribution in [0.25, 0.3) is 0 Å². The van der Waals surface area contributed by atoms with Crippen LogP contribution in [0.2, 0.25) is 5.15 Å². The molecule has 0 bridgehead atoms. The Morgan fingerprint density at radius 2 is 2.05 bits per heavy atom. The fourth-order valence-electron chi connectivity index (χ4n) is 1.73. The van der Waals surface area contributed by atoms with E-state index < -0.39 is 0 Å². The number of rotatable bonds is 2. The van der Waals surface area contributed by atoms with Crippen LogP contribution in [0.4, 0.5) is 5.69 Å². The fraction of sp³-hybridized carbons (Fsp3) is 0.143. The van der Waals surface area contributed by atoms with E-state index in [1.54, 1.807) is 25.3 Å². The second-order valence-corrected chi connectivity index (χ2v) is 4.66. The van der Waals surface area contributed by atoms with Crippen molar-refractivity contribution in [2.75, 3.05) is 5.32 Å². The first-order valence-electron chi connectivity index (χ1n) is 5.70. The van der Waals surface area contributed by atoms with Crippen molar-refractivity contribution in [3.63, 3.8) is 0 Å². The largest absolute Gasteiger partial charge is 0.508 e. The number of phenols is 1. The van der Waals surface area contributed by atoms with Gasteiger partial charge in [-0.25, -0.2) is 4.98 Å². The third-order valence-corrected chi connectivity index (χ3v) is 2.98. The minimum absolute atomic E-state index is 0.129. The fourth-order valence-corrected chi connectivity index (χ4v) is 1.88. The number of benzene rings is 1. The summed E-state index contributed by atoms with van der Waals surface area (Å²) in [6.07, 6.45) is 1.63. The molecule has 2 rings (SSSR count). The molecular weight excluding hydrogens is 264 g/mol. The highest BCUT2D eigenvalue weighted by Crippen LogP contribution is 2.22. The predicted octanol–water partition coefficient (Wildman–Crippen LogP) is 3.31. The van der Waals surface area contributed by atoms with Crippen molar-refractivity contribution in [1.82, 2.24) is 4.98 Å². The van der Waals surface area contributed by atoms with Gasteiger partial charge in [-0.15, -0.1) is 0 Å². The maximum absolute atomic E-state index is 12.1. The highest BCUT2D eigenvalue weighted by Gasteiger charge is 2.12. The van der Waals surface area contributed by atoms with Gasteiger partial charge in [0.25, 0.3) is 5.91 Å². The van der Waals surface area contributed by atoms with E-state index in [2.05, 4.69) is 10.3 Å². The van der Waals surface area contributed by atoms with E-state index in [1.165, 1.54) is 12.1 Å². The number of hydrogen-bond acceptors (Lipinski definition) is 3. The third-order valence-electron chi connectivity index (χ3n) is 2.68. The van der Waals surface area contributed by atoms with Crippen molar-refractivity contribution in [3.8, 4) is 5.75 Å². The summed E-state index contributed by atoms with van der Waals surface area (Å²) in [5, 5.41) is 12.3. The first kappa shape index (κ1) is 13.4. The molecule has 1 aromatic heterocycles. The Morgan fingerprint density at radius 3 is 2.74 bits per heavy atom. The highest BCUT2D eigenvalue weighted by atomic mass is 35.5. The Bertz CT molecular complexity index is 641. The average Bonchev–Trinajstić information content (AvgIpc) is 2.33. The maximum atomic E-state index is 12.1. The number of carbonyl (C=O) groups is 1. The maximum Gasteiger partial charge on any atom is 0.256 e. The van der Waals surface area contributed by atoms with Crippen molar-refractivity contribution < 1.29 is 9.90 Å². The van der Waals surface area contributed by atoms with Crippen LogP contribution in [0.3, 0.4) is 0 Å². The lowest BCUT2D eigenvalue weighted by molar-refractivity contribution is 0.102. The van der Waals surface area contributed by atoms with Crippen molar-refractivity contribution >= 4 is 23.2 Å². The van der Waals surface area contributed by atoms with Crippen molar-refractivity contribution in [2.45, 2.75) is 13.8 Å². The Morgan fingerprint density at radius 1 is 1.32 bits per heavy atom. The number of nitrogens with zero attached hydrogens (tertiary/aromatic N) is 1. The first-order valence-corrected chi connectivity index (χ1v) is 6.08. The van der Waals surface area contributed by atoms with Gasteiger partial charge in [-0.05, 0) is 49.2 Å². The zero-order chi connectivity index (χ0) is 14.0. The molecule has 0 fully saturated rings. The van der Waals surface area contributed by atoms with Crippen molar-refractivity contribution in [3.05, 3.63) is 52.3 Å². The molecule has 2 N–H and O–H groups in total. The van der Waals surface area contributed by atoms with Gasteiger partial charge in [0.2, 0.25) is 0 Å². The normalized spacial score (nSPS) is 10.3. The van der Waals surface area contributed by atoms with Gasteiger partial charge < -0.3 is 10.4 Å². The molecule has 0 atom stereocenters. The molecule has 0 saturated heterocycles. The van der Waals surface area contributed by atoms with Crippen molar-refractivity contribution in [1.29, 1.82) is 0 Å². The van der Waals surface area contributed by atoms with Crippen LogP contribution in [0.5, 0.6) is 5.75 Å². The van der Waals surface area contributed by atoms with E-state index in [4.69, 9.17) is 11.6 Å². The van der Waals surface area contributed by atoms with Gasteiger partial charge in [0.1, 0.15) is 5.75 Å². The molecule has 4 nitrogen and oxygen atoms in total. The molecule has 98 valence electrons. The summed E-state index contributed by atoms with van der Waals surface area (Å²) in [6.45, 7) is 3.62. The molecule has 0 aliphatic carbocycles. The standard InChI is InChI=1S/C14H13ClN2O2/c1-8-5-12(13(15)16-7-8)17-14(19)11-4-3-10(18)6-9(11)2/h3-7,18H,1-2H3,(H,17,19). The zero-order valence-corrected chi connectivity index (χ0v) is 11.3. The molecule has 5 heteroatoms. The first-order chi connectivity index (χ1) is 8.97. The van der Waals surface area contributed by atoms with E-state index in [1.807, 2.05) is 6.92 Å². The van der Waals surface area contributed by atoms with Crippen LogP contribution < -0.4 is 5.32 Å². The Balaban J connectivity index is 2.28. The SMILES string of the molecule is Cc1cnc(Cl)c(NC(=O)c2ccc(O)cc2C)c1. The summed E-state index contributed by atoms with van der Waals surface area (Å²) in [4.78, 5) is 16.1. The van der Waals surface area contributed by atoms with Gasteiger partial charge >= 0.3 is 0 Å². The van der Waals surface area contributed by atoms with E-state index in [0.29, 0.717) is 16.8 Å². The number of hydrogen-bond donors (Lipinski definition) is 2. The minimum Gasteiger partial charge on any atom is -0.508 e. The van der Waals surface area contributed by atoms with Crippen LogP contribution in [0, 0.1) is 13.8 Å². The summed E-state index contributed by atoms with van der Waals surface area (Å²) in [7, 11) is 0. The minimum atomic E-state index is -0.285. The van der Waals surface area contributed by atoms with Gasteiger partial charge in [-0.1, -0.05) is 11.6 Å². The lowest BCUT2D eigenvalue weighted by atomic mass is 10.1. The predicted molar refractivity (Wildman–Crippen MR) is 74.8 cm³/mol. The number of halogens is 1. The lowest BCUT2D eigenvalue weighted by Crippen LogP contribution is -2.14. The number of carbonyl (C=O) groups excluding carboxylic acids is 1. The van der Waals surface area contributed by atoms with Crippen LogP contribution in [0.15, 0.2) is 30.5 Å². The van der Waals surface area contributed by atoms with Gasteiger partial charge in [0, 0.05) is 11.8 Å². The second-order valence-electron chi connectivity index (χ2n) is 4.30. The van der Waals surface area contributed by atoms with Crippen LogP contribution in [0.1, 0.15) is 21.5 Å². The highest BCUT2D eigenvalue weighted by molar-refractivity contribution is 6.32. The summed E-state index contributed by atoms with van der Waals surface area (Å²) in [6, 6.07) is 6.32. The molecule has 0 saturated carbocycles. The Kier molecular flexibility index (Phi) is 3.71. The molecular formula is C14H13ClN2O2. The monoisotopic (exact) mass is 276 g/mol. The van der Waals surface area contributed by atoms with Crippen molar-refractivity contribution in [2.24, 2.45) is 0 Å². The Labute approximate surface area is 116 Å². The number of amides is 1. The summed E-state index contributed by atoms with van der Waals surface area (Å²) < 4.78 is 0. The summed E-state index contributed by atoms with van der Waals surface area (Å²) in [5.74, 6) is -0.156. The van der Waals surface area contributed by atoms with Gasteiger partial charge in [0.05, 0.1) is 5.69 Å². The molecule has 0 radical (unpaired) electrons. The van der Waals surface area contributed by atoms with E-state index in [0.717, 1.165) is 5.56 Å². The smallest absolute Gasteiger partial charge is 0.256 e. The van der Waals surface area contributed by atoms with E-state index in [-0.39, 0.29) is 16.8 Å². The average molecular weight is 277 g/mol. The quantitative estimate of drug-likeness (QED) is 0.827. The number of aryl methyl sites for hydroxylation is 2. The molecule has 0 aliphatic heterocycles. The molecule has 1 amide bonds. The Hall–Kier alpha value is -2.07. The number of anilines is 1. The second kappa shape index (κ2) is 5.28. The number of aromatic nitrogens is 1.